The fourth-order valence-corrected chi connectivity index (χ4v) is 1.65. The average Bonchev–Trinajstić information content (AvgIpc) is 2.34. The normalized spacial score (nSPS) is 12.5. The first-order valence-electron chi connectivity index (χ1n) is 6.08. The van der Waals surface area contributed by atoms with Crippen LogP contribution in [0.5, 0.6) is 0 Å². The van der Waals surface area contributed by atoms with Gasteiger partial charge in [-0.3, -0.25) is 4.79 Å². The van der Waals surface area contributed by atoms with Gasteiger partial charge in [0, 0.05) is 6.54 Å². The first kappa shape index (κ1) is 13.7. The van der Waals surface area contributed by atoms with Crippen LogP contribution in [0.1, 0.15) is 24.8 Å². The number of nitrogens with one attached hydrogen (secondary N) is 1. The zero-order chi connectivity index (χ0) is 12.7. The minimum atomic E-state index is -0.0736. The predicted octanol–water partition coefficient (Wildman–Crippen LogP) is 1.86. The van der Waals surface area contributed by atoms with E-state index in [1.165, 1.54) is 0 Å². The highest BCUT2D eigenvalue weighted by atomic mass is 16.1. The van der Waals surface area contributed by atoms with E-state index in [1.807, 2.05) is 51.4 Å². The molecule has 17 heavy (non-hydrogen) atoms. The van der Waals surface area contributed by atoms with Gasteiger partial charge in [0.2, 0.25) is 5.91 Å². The zero-order valence-electron chi connectivity index (χ0n) is 10.9. The summed E-state index contributed by atoms with van der Waals surface area (Å²) in [7, 11) is 4.07. The third-order valence-electron chi connectivity index (χ3n) is 2.77. The summed E-state index contributed by atoms with van der Waals surface area (Å²) in [6.45, 7) is 3.69. The number of rotatable bonds is 6. The molecule has 1 rings (SSSR count). The summed E-state index contributed by atoms with van der Waals surface area (Å²) in [5.74, 6) is 0.0329. The van der Waals surface area contributed by atoms with E-state index in [1.54, 1.807) is 0 Å². The number of hydrogen-bond donors (Lipinski definition) is 1. The number of carbonyl (C=O) groups excluding carboxylic acids is 1. The second-order valence-corrected chi connectivity index (χ2v) is 4.58. The molecule has 3 nitrogen and oxygen atoms in total. The van der Waals surface area contributed by atoms with Crippen molar-refractivity contribution in [2.24, 2.45) is 0 Å². The third-order valence-corrected chi connectivity index (χ3v) is 2.77. The lowest BCUT2D eigenvalue weighted by Crippen LogP contribution is -2.30. The Morgan fingerprint density at radius 2 is 1.94 bits per heavy atom. The van der Waals surface area contributed by atoms with Crippen LogP contribution in [0.4, 0.5) is 0 Å². The van der Waals surface area contributed by atoms with Gasteiger partial charge in [0.25, 0.3) is 0 Å². The molecule has 0 saturated carbocycles. The Hall–Kier alpha value is -1.35. The molecular formula is C14H22N2O. The highest BCUT2D eigenvalue weighted by Gasteiger charge is 2.13. The molecule has 1 N–H and O–H groups in total. The second kappa shape index (κ2) is 7.07. The SMILES string of the molecule is CC(C(=O)NCCCN(C)C)c1ccccc1. The Kier molecular flexibility index (Phi) is 5.70. The van der Waals surface area contributed by atoms with Crippen molar-refractivity contribution in [3.05, 3.63) is 35.9 Å². The topological polar surface area (TPSA) is 32.3 Å². The maximum atomic E-state index is 11.9. The molecule has 1 aromatic carbocycles. The van der Waals surface area contributed by atoms with Gasteiger partial charge in [-0.05, 0) is 39.5 Å². The molecule has 1 aromatic rings. The van der Waals surface area contributed by atoms with Crippen LogP contribution < -0.4 is 5.32 Å². The van der Waals surface area contributed by atoms with Crippen LogP contribution in [0.3, 0.4) is 0 Å². The van der Waals surface area contributed by atoms with Crippen LogP contribution >= 0.6 is 0 Å². The van der Waals surface area contributed by atoms with Gasteiger partial charge < -0.3 is 10.2 Å². The smallest absolute Gasteiger partial charge is 0.227 e. The summed E-state index contributed by atoms with van der Waals surface area (Å²) in [6, 6.07) is 9.87. The van der Waals surface area contributed by atoms with E-state index < -0.39 is 0 Å². The van der Waals surface area contributed by atoms with Crippen LogP contribution in [0, 0.1) is 0 Å². The van der Waals surface area contributed by atoms with E-state index in [0.717, 1.165) is 25.1 Å². The molecule has 0 aliphatic carbocycles. The summed E-state index contributed by atoms with van der Waals surface area (Å²) in [6.07, 6.45) is 0.986. The largest absolute Gasteiger partial charge is 0.356 e. The van der Waals surface area contributed by atoms with Crippen LogP contribution in [0.25, 0.3) is 0 Å². The van der Waals surface area contributed by atoms with Crippen molar-refractivity contribution in [1.82, 2.24) is 10.2 Å². The van der Waals surface area contributed by atoms with Gasteiger partial charge in [-0.25, -0.2) is 0 Å². The van der Waals surface area contributed by atoms with E-state index in [2.05, 4.69) is 10.2 Å². The van der Waals surface area contributed by atoms with Crippen molar-refractivity contribution in [3.8, 4) is 0 Å². The van der Waals surface area contributed by atoms with Gasteiger partial charge in [0.15, 0.2) is 0 Å². The van der Waals surface area contributed by atoms with E-state index in [0.29, 0.717) is 0 Å². The molecule has 94 valence electrons. The lowest BCUT2D eigenvalue weighted by Gasteiger charge is -2.13. The summed E-state index contributed by atoms with van der Waals surface area (Å²) >= 11 is 0. The predicted molar refractivity (Wildman–Crippen MR) is 71.0 cm³/mol. The molecule has 1 amide bonds. The number of carbonyl (C=O) groups is 1. The van der Waals surface area contributed by atoms with Crippen molar-refractivity contribution in [2.75, 3.05) is 27.2 Å². The summed E-state index contributed by atoms with van der Waals surface area (Å²) in [5.41, 5.74) is 1.07. The van der Waals surface area contributed by atoms with E-state index >= 15 is 0 Å². The Morgan fingerprint density at radius 3 is 2.53 bits per heavy atom. The molecule has 0 spiro atoms. The number of benzene rings is 1. The molecule has 0 aliphatic rings. The van der Waals surface area contributed by atoms with Crippen molar-refractivity contribution < 1.29 is 4.79 Å². The Bertz CT molecular complexity index is 335. The summed E-state index contributed by atoms with van der Waals surface area (Å²) < 4.78 is 0. The second-order valence-electron chi connectivity index (χ2n) is 4.58. The fraction of sp³-hybridized carbons (Fsp3) is 0.500. The minimum Gasteiger partial charge on any atom is -0.356 e. The summed E-state index contributed by atoms with van der Waals surface area (Å²) in [4.78, 5) is 14.0. The standard InChI is InChI=1S/C14H22N2O/c1-12(13-8-5-4-6-9-13)14(17)15-10-7-11-16(2)3/h4-6,8-9,12H,7,10-11H2,1-3H3,(H,15,17). The van der Waals surface area contributed by atoms with Crippen molar-refractivity contribution in [1.29, 1.82) is 0 Å². The van der Waals surface area contributed by atoms with E-state index in [-0.39, 0.29) is 11.8 Å². The molecule has 0 saturated heterocycles. The van der Waals surface area contributed by atoms with Crippen molar-refractivity contribution in [2.45, 2.75) is 19.3 Å². The number of amides is 1. The first-order valence-corrected chi connectivity index (χ1v) is 6.08. The molecular weight excluding hydrogens is 212 g/mol. The number of nitrogens with zero attached hydrogens (tertiary/aromatic N) is 1. The Balaban J connectivity index is 2.33. The highest BCUT2D eigenvalue weighted by molar-refractivity contribution is 5.83. The lowest BCUT2D eigenvalue weighted by atomic mass is 10.0. The minimum absolute atomic E-state index is 0.0736. The molecule has 3 heteroatoms. The Labute approximate surface area is 104 Å². The van der Waals surface area contributed by atoms with Gasteiger partial charge in [-0.15, -0.1) is 0 Å². The van der Waals surface area contributed by atoms with Crippen molar-refractivity contribution >= 4 is 5.91 Å². The Morgan fingerprint density at radius 1 is 1.29 bits per heavy atom. The van der Waals surface area contributed by atoms with Gasteiger partial charge in [-0.2, -0.15) is 0 Å². The molecule has 0 fully saturated rings. The molecule has 0 aliphatic heterocycles. The lowest BCUT2D eigenvalue weighted by molar-refractivity contribution is -0.122. The van der Waals surface area contributed by atoms with Gasteiger partial charge in [-0.1, -0.05) is 30.3 Å². The van der Waals surface area contributed by atoms with Crippen LogP contribution in [0.15, 0.2) is 30.3 Å². The molecule has 0 aromatic heterocycles. The van der Waals surface area contributed by atoms with Crippen LogP contribution in [-0.2, 0) is 4.79 Å². The van der Waals surface area contributed by atoms with Crippen LogP contribution in [0.2, 0.25) is 0 Å². The summed E-state index contributed by atoms with van der Waals surface area (Å²) in [5, 5.41) is 2.97. The van der Waals surface area contributed by atoms with Gasteiger partial charge in [0.1, 0.15) is 0 Å². The molecule has 0 heterocycles. The van der Waals surface area contributed by atoms with E-state index in [9.17, 15) is 4.79 Å². The number of hydrogen-bond acceptors (Lipinski definition) is 2. The van der Waals surface area contributed by atoms with E-state index in [4.69, 9.17) is 0 Å². The molecule has 0 radical (unpaired) electrons. The molecule has 1 unspecified atom stereocenters. The van der Waals surface area contributed by atoms with Crippen LogP contribution in [-0.4, -0.2) is 38.0 Å². The van der Waals surface area contributed by atoms with Gasteiger partial charge >= 0.3 is 0 Å². The quantitative estimate of drug-likeness (QED) is 0.762. The molecule has 0 bridgehead atoms. The molecule has 1 atom stereocenters. The zero-order valence-corrected chi connectivity index (χ0v) is 10.9. The van der Waals surface area contributed by atoms with Crippen molar-refractivity contribution in [3.63, 3.8) is 0 Å². The maximum absolute atomic E-state index is 11.9. The third kappa shape index (κ3) is 5.00. The first-order chi connectivity index (χ1) is 8.11. The van der Waals surface area contributed by atoms with Gasteiger partial charge in [0.05, 0.1) is 5.92 Å². The maximum Gasteiger partial charge on any atom is 0.227 e. The average molecular weight is 234 g/mol. The highest BCUT2D eigenvalue weighted by Crippen LogP contribution is 2.14. The fourth-order valence-electron chi connectivity index (χ4n) is 1.65. The monoisotopic (exact) mass is 234 g/mol.